The molecule has 0 aliphatic heterocycles. The summed E-state index contributed by atoms with van der Waals surface area (Å²) in [6.07, 6.45) is 30.7. The van der Waals surface area contributed by atoms with Crippen molar-refractivity contribution in [3.05, 3.63) is 5.53 Å². The predicted octanol–water partition coefficient (Wildman–Crippen LogP) is 10.4. The fourth-order valence-electron chi connectivity index (χ4n) is 7.51. The van der Waals surface area contributed by atoms with Gasteiger partial charge in [0, 0.05) is 0 Å². The Bertz CT molecular complexity index is 915. The minimum absolute atomic E-state index is 0.463. The third kappa shape index (κ3) is 14.1. The van der Waals surface area contributed by atoms with Crippen LogP contribution in [-0.2, 0) is 19.7 Å². The molecule has 0 saturated heterocycles. The lowest BCUT2D eigenvalue weighted by Crippen LogP contribution is -2.41. The van der Waals surface area contributed by atoms with E-state index in [1.54, 1.807) is 0 Å². The highest BCUT2D eigenvalue weighted by Gasteiger charge is 2.50. The standard InChI is InChI=1S/C35H66N2O4S2/c1-3-5-7-9-11-13-15-17-19-21-31-23-27-33(28-24-31)42(38,39)35(37-36)43(40,41)34-29-25-32(26-30-34)22-20-18-16-14-12-10-8-6-4-2/h31-34H,3-30H2,1-2H3. The Hall–Kier alpha value is -0.720. The summed E-state index contributed by atoms with van der Waals surface area (Å²) in [5.41, 5.74) is 9.69. The lowest BCUT2D eigenvalue weighted by molar-refractivity contribution is 0.00356. The Morgan fingerprint density at radius 3 is 1.05 bits per heavy atom. The molecule has 6 nitrogen and oxygen atoms in total. The Morgan fingerprint density at radius 2 is 0.767 bits per heavy atom. The van der Waals surface area contributed by atoms with E-state index in [0.29, 0.717) is 37.5 Å². The zero-order chi connectivity index (χ0) is 31.4. The summed E-state index contributed by atoms with van der Waals surface area (Å²) in [6.45, 7) is 4.49. The maximum absolute atomic E-state index is 13.4. The van der Waals surface area contributed by atoms with Crippen molar-refractivity contribution in [2.24, 2.45) is 11.8 Å². The number of hydrogen-bond acceptors (Lipinski definition) is 4. The van der Waals surface area contributed by atoms with Gasteiger partial charge in [-0.25, -0.2) is 16.8 Å². The highest BCUT2D eigenvalue weighted by atomic mass is 32.3. The van der Waals surface area contributed by atoms with Crippen molar-refractivity contribution in [2.75, 3.05) is 0 Å². The molecule has 0 aromatic heterocycles. The first kappa shape index (κ1) is 38.5. The van der Waals surface area contributed by atoms with E-state index in [9.17, 15) is 22.4 Å². The summed E-state index contributed by atoms with van der Waals surface area (Å²) >= 11 is 0. The van der Waals surface area contributed by atoms with Crippen molar-refractivity contribution in [1.82, 2.24) is 0 Å². The first-order valence-electron chi connectivity index (χ1n) is 18.5. The van der Waals surface area contributed by atoms with Crippen molar-refractivity contribution >= 4 is 24.1 Å². The summed E-state index contributed by atoms with van der Waals surface area (Å²) in [5, 5.41) is -1.51. The van der Waals surface area contributed by atoms with Gasteiger partial charge in [-0.1, -0.05) is 142 Å². The lowest BCUT2D eigenvalue weighted by atomic mass is 9.85. The molecule has 0 radical (unpaired) electrons. The van der Waals surface area contributed by atoms with Gasteiger partial charge in [0.2, 0.25) is 0 Å². The molecule has 0 bridgehead atoms. The molecule has 2 aliphatic rings. The number of rotatable bonds is 22. The van der Waals surface area contributed by atoms with E-state index in [-0.39, 0.29) is 0 Å². The Labute approximate surface area is 266 Å². The van der Waals surface area contributed by atoms with Crippen LogP contribution >= 0.6 is 0 Å². The zero-order valence-electron chi connectivity index (χ0n) is 28.0. The smallest absolute Gasteiger partial charge is 0.359 e. The van der Waals surface area contributed by atoms with E-state index in [1.807, 2.05) is 0 Å². The van der Waals surface area contributed by atoms with Crippen LogP contribution < -0.4 is 0 Å². The second kappa shape index (κ2) is 21.9. The average molecular weight is 643 g/mol. The van der Waals surface area contributed by atoms with Crippen LogP contribution in [0, 0.1) is 11.8 Å². The van der Waals surface area contributed by atoms with Crippen molar-refractivity contribution in [1.29, 1.82) is 0 Å². The molecule has 252 valence electrons. The number of nitrogens with zero attached hydrogens (tertiary/aromatic N) is 2. The van der Waals surface area contributed by atoms with E-state index >= 15 is 0 Å². The monoisotopic (exact) mass is 642 g/mol. The van der Waals surface area contributed by atoms with Crippen LogP contribution in [0.25, 0.3) is 5.53 Å². The largest absolute Gasteiger partial charge is 0.495 e. The Kier molecular flexibility index (Phi) is 19.6. The molecule has 43 heavy (non-hydrogen) atoms. The van der Waals surface area contributed by atoms with Crippen molar-refractivity contribution in [3.63, 3.8) is 0 Å². The molecule has 0 atom stereocenters. The highest BCUT2D eigenvalue weighted by molar-refractivity contribution is 8.31. The number of sulfone groups is 2. The molecule has 0 heterocycles. The number of unbranched alkanes of at least 4 members (excludes halogenated alkanes) is 16. The molecule has 2 fully saturated rings. The summed E-state index contributed by atoms with van der Waals surface area (Å²) in [4.78, 5) is 2.96. The topological polar surface area (TPSA) is 105 Å². The fraction of sp³-hybridized carbons (Fsp3) is 0.971. The molecule has 0 N–H and O–H groups in total. The average Bonchev–Trinajstić information content (AvgIpc) is 3.00. The van der Waals surface area contributed by atoms with Crippen LogP contribution in [-0.4, -0.2) is 36.5 Å². The van der Waals surface area contributed by atoms with E-state index in [2.05, 4.69) is 18.6 Å². The maximum atomic E-state index is 13.4. The van der Waals surface area contributed by atoms with E-state index in [1.165, 1.54) is 116 Å². The van der Waals surface area contributed by atoms with E-state index in [0.717, 1.165) is 38.5 Å². The Balaban J connectivity index is 1.69. The molecule has 0 aromatic rings. The molecule has 0 spiro atoms. The minimum atomic E-state index is -4.18. The van der Waals surface area contributed by atoms with Gasteiger partial charge in [-0.15, -0.1) is 4.79 Å². The summed E-state index contributed by atoms with van der Waals surface area (Å²) in [6, 6.07) is 0. The van der Waals surface area contributed by atoms with Crippen LogP contribution in [0.5, 0.6) is 0 Å². The van der Waals surface area contributed by atoms with Crippen LogP contribution in [0.2, 0.25) is 0 Å². The summed E-state index contributed by atoms with van der Waals surface area (Å²) in [7, 11) is -8.36. The molecule has 0 amide bonds. The lowest BCUT2D eigenvalue weighted by Gasteiger charge is -2.29. The molecule has 2 aliphatic carbocycles. The zero-order valence-corrected chi connectivity index (χ0v) is 29.6. The number of hydrogen-bond donors (Lipinski definition) is 0. The first-order valence-corrected chi connectivity index (χ1v) is 21.6. The molecule has 2 saturated carbocycles. The van der Waals surface area contributed by atoms with Gasteiger partial charge in [-0.3, -0.25) is 0 Å². The van der Waals surface area contributed by atoms with Crippen LogP contribution in [0.4, 0.5) is 0 Å². The van der Waals surface area contributed by atoms with Crippen LogP contribution in [0.1, 0.15) is 194 Å². The van der Waals surface area contributed by atoms with Gasteiger partial charge in [0.1, 0.15) is 0 Å². The van der Waals surface area contributed by atoms with Gasteiger partial charge in [-0.2, -0.15) is 0 Å². The molecule has 2 rings (SSSR count). The van der Waals surface area contributed by atoms with Crippen LogP contribution in [0.3, 0.4) is 0 Å². The fourth-order valence-corrected chi connectivity index (χ4v) is 12.2. The van der Waals surface area contributed by atoms with Gasteiger partial charge in [-0.05, 0) is 63.2 Å². The van der Waals surface area contributed by atoms with Crippen LogP contribution in [0.15, 0.2) is 0 Å². The van der Waals surface area contributed by atoms with Gasteiger partial charge in [0.05, 0.1) is 10.5 Å². The quantitative estimate of drug-likeness (QED) is 0.0385. The third-order valence-corrected chi connectivity index (χ3v) is 15.7. The van der Waals surface area contributed by atoms with Gasteiger partial charge >= 0.3 is 4.38 Å². The normalized spacial score (nSPS) is 23.2. The second-order valence-electron chi connectivity index (χ2n) is 14.0. The molecular formula is C35H66N2O4S2. The molecular weight excluding hydrogens is 577 g/mol. The third-order valence-electron chi connectivity index (χ3n) is 10.5. The molecule has 8 heteroatoms. The van der Waals surface area contributed by atoms with Crippen molar-refractivity contribution < 1.29 is 21.6 Å². The molecule has 0 unspecified atom stereocenters. The molecule has 0 aromatic carbocycles. The maximum Gasteiger partial charge on any atom is 0.495 e. The Morgan fingerprint density at radius 1 is 0.488 bits per heavy atom. The van der Waals surface area contributed by atoms with Gasteiger partial charge < -0.3 is 5.53 Å². The predicted molar refractivity (Wildman–Crippen MR) is 182 cm³/mol. The SMILES string of the molecule is CCCCCCCCCCCC1CCC(S(=O)(=O)C(=[N+]=[N-])S(=O)(=O)C2CCC(CCCCCCCCCCC)CC2)CC1. The minimum Gasteiger partial charge on any atom is -0.359 e. The summed E-state index contributed by atoms with van der Waals surface area (Å²) in [5.74, 6) is 1.03. The second-order valence-corrected chi connectivity index (χ2v) is 18.5. The van der Waals surface area contributed by atoms with E-state index in [4.69, 9.17) is 0 Å². The van der Waals surface area contributed by atoms with Crippen molar-refractivity contribution in [3.8, 4) is 0 Å². The van der Waals surface area contributed by atoms with Crippen molar-refractivity contribution in [2.45, 2.75) is 204 Å². The first-order chi connectivity index (χ1) is 20.8. The highest BCUT2D eigenvalue weighted by Crippen LogP contribution is 2.36. The van der Waals surface area contributed by atoms with E-state index < -0.39 is 34.6 Å². The van der Waals surface area contributed by atoms with Gasteiger partial charge in [0.25, 0.3) is 19.7 Å². The summed E-state index contributed by atoms with van der Waals surface area (Å²) < 4.78 is 52.8. The van der Waals surface area contributed by atoms with Gasteiger partial charge in [0.15, 0.2) is 0 Å².